The summed E-state index contributed by atoms with van der Waals surface area (Å²) < 4.78 is 1.31. The van der Waals surface area contributed by atoms with E-state index in [0.29, 0.717) is 35.0 Å². The summed E-state index contributed by atoms with van der Waals surface area (Å²) in [5, 5.41) is 2.74. The summed E-state index contributed by atoms with van der Waals surface area (Å²) in [7, 11) is 0. The largest absolute Gasteiger partial charge is 0.364 e. The number of nitrogens with two attached hydrogens (primary N) is 2. The van der Waals surface area contributed by atoms with Crippen LogP contribution in [0.2, 0.25) is 0 Å². The van der Waals surface area contributed by atoms with Gasteiger partial charge in [-0.2, -0.15) is 0 Å². The van der Waals surface area contributed by atoms with Crippen molar-refractivity contribution in [2.75, 3.05) is 24.2 Å². The minimum Gasteiger partial charge on any atom is -0.364 e. The van der Waals surface area contributed by atoms with Crippen LogP contribution < -0.4 is 16.9 Å². The molecule has 174 valence electrons. The Balaban J connectivity index is 1.64. The first-order valence-corrected chi connectivity index (χ1v) is 11.1. The monoisotopic (exact) mass is 457 g/mol. The summed E-state index contributed by atoms with van der Waals surface area (Å²) in [6, 6.07) is 12.0. The van der Waals surface area contributed by atoms with Crippen molar-refractivity contribution in [1.82, 2.24) is 19.5 Å². The predicted octanol–water partition coefficient (Wildman–Crippen LogP) is 2.56. The molecule has 1 aromatic carbocycles. The van der Waals surface area contributed by atoms with Gasteiger partial charge >= 0.3 is 0 Å². The van der Waals surface area contributed by atoms with Crippen molar-refractivity contribution in [3.05, 3.63) is 65.7 Å². The zero-order valence-electron chi connectivity index (χ0n) is 19.0. The van der Waals surface area contributed by atoms with Crippen LogP contribution in [-0.2, 0) is 0 Å². The van der Waals surface area contributed by atoms with Gasteiger partial charge in [0.15, 0.2) is 5.69 Å². The van der Waals surface area contributed by atoms with Crippen molar-refractivity contribution in [1.29, 1.82) is 0 Å². The van der Waals surface area contributed by atoms with E-state index in [-0.39, 0.29) is 17.6 Å². The number of anilines is 1. The standard InChI is InChI=1S/C25H27N7O2/c1-2-3-15-31-16-7-5-8-19(31)24-30-21(22(23(26)33)32(24)27)17-10-12-18(13-11-17)25(34)29-20-9-4-6-14-28-20/h4,6,9-14,19H,5,7-8,15-16,27H2,1H3,(H2,26,33)(H,28,29,34). The quantitative estimate of drug-likeness (QED) is 0.385. The molecule has 0 bridgehead atoms. The van der Waals surface area contributed by atoms with Gasteiger partial charge in [0.2, 0.25) is 0 Å². The molecule has 0 spiro atoms. The number of likely N-dealkylation sites (tertiary alicyclic amines) is 1. The molecule has 9 heteroatoms. The van der Waals surface area contributed by atoms with Crippen LogP contribution in [0.4, 0.5) is 5.82 Å². The fourth-order valence-electron chi connectivity index (χ4n) is 4.18. The van der Waals surface area contributed by atoms with E-state index in [0.717, 1.165) is 25.8 Å². The SMILES string of the molecule is CC#CCN1CCCCC1c1nc(-c2ccc(C(=O)Nc3ccccn3)cc2)c(C(N)=O)n1N. The van der Waals surface area contributed by atoms with Gasteiger partial charge in [-0.15, -0.1) is 5.92 Å². The Morgan fingerprint density at radius 3 is 2.65 bits per heavy atom. The van der Waals surface area contributed by atoms with E-state index in [1.165, 1.54) is 4.68 Å². The van der Waals surface area contributed by atoms with Gasteiger partial charge in [0.25, 0.3) is 11.8 Å². The molecule has 3 heterocycles. The van der Waals surface area contributed by atoms with E-state index < -0.39 is 5.91 Å². The molecule has 1 saturated heterocycles. The predicted molar refractivity (Wildman–Crippen MR) is 130 cm³/mol. The van der Waals surface area contributed by atoms with Gasteiger partial charge < -0.3 is 16.9 Å². The molecule has 1 aliphatic heterocycles. The van der Waals surface area contributed by atoms with E-state index >= 15 is 0 Å². The van der Waals surface area contributed by atoms with E-state index in [2.05, 4.69) is 27.0 Å². The number of piperidine rings is 1. The zero-order chi connectivity index (χ0) is 24.1. The number of nitrogen functional groups attached to an aromatic ring is 1. The van der Waals surface area contributed by atoms with Gasteiger partial charge in [0, 0.05) is 17.3 Å². The lowest BCUT2D eigenvalue weighted by molar-refractivity contribution is 0.0990. The molecule has 0 saturated carbocycles. The van der Waals surface area contributed by atoms with Crippen molar-refractivity contribution in [3.63, 3.8) is 0 Å². The van der Waals surface area contributed by atoms with Crippen molar-refractivity contribution in [2.24, 2.45) is 5.73 Å². The minimum atomic E-state index is -0.663. The van der Waals surface area contributed by atoms with Crippen LogP contribution in [0.3, 0.4) is 0 Å². The fraction of sp³-hybridized carbons (Fsp3) is 0.280. The maximum atomic E-state index is 12.5. The van der Waals surface area contributed by atoms with E-state index in [9.17, 15) is 9.59 Å². The molecule has 34 heavy (non-hydrogen) atoms. The van der Waals surface area contributed by atoms with Crippen LogP contribution in [0.1, 0.15) is 58.9 Å². The first kappa shape index (κ1) is 23.0. The molecule has 5 N–H and O–H groups in total. The number of carbonyl (C=O) groups is 2. The Morgan fingerprint density at radius 1 is 1.18 bits per heavy atom. The summed E-state index contributed by atoms with van der Waals surface area (Å²) in [4.78, 5) is 36.0. The van der Waals surface area contributed by atoms with Crippen LogP contribution >= 0.6 is 0 Å². The fourth-order valence-corrected chi connectivity index (χ4v) is 4.18. The van der Waals surface area contributed by atoms with Gasteiger partial charge in [-0.1, -0.05) is 30.5 Å². The number of amides is 2. The number of imidazole rings is 1. The smallest absolute Gasteiger partial charge is 0.269 e. The molecule has 1 fully saturated rings. The number of carbonyl (C=O) groups excluding carboxylic acids is 2. The van der Waals surface area contributed by atoms with E-state index in [1.54, 1.807) is 48.7 Å². The van der Waals surface area contributed by atoms with Gasteiger partial charge in [-0.25, -0.2) is 14.6 Å². The maximum Gasteiger partial charge on any atom is 0.269 e. The summed E-state index contributed by atoms with van der Waals surface area (Å²) in [5.41, 5.74) is 7.30. The number of nitrogens with one attached hydrogen (secondary N) is 1. The van der Waals surface area contributed by atoms with Gasteiger partial charge in [-0.05, 0) is 50.6 Å². The summed E-state index contributed by atoms with van der Waals surface area (Å²) in [5.74, 6) is 12.5. The summed E-state index contributed by atoms with van der Waals surface area (Å²) >= 11 is 0. The number of hydrogen-bond donors (Lipinski definition) is 3. The maximum absolute atomic E-state index is 12.5. The van der Waals surface area contributed by atoms with Gasteiger partial charge in [0.05, 0.1) is 12.6 Å². The normalized spacial score (nSPS) is 15.9. The highest BCUT2D eigenvalue weighted by Crippen LogP contribution is 2.33. The van der Waals surface area contributed by atoms with Crippen molar-refractivity contribution in [2.45, 2.75) is 32.2 Å². The molecule has 4 rings (SSSR count). The lowest BCUT2D eigenvalue weighted by Gasteiger charge is -2.33. The number of hydrogen-bond acceptors (Lipinski definition) is 6. The highest BCUT2D eigenvalue weighted by molar-refractivity contribution is 6.04. The molecule has 0 radical (unpaired) electrons. The Labute approximate surface area is 198 Å². The third kappa shape index (κ3) is 4.77. The minimum absolute atomic E-state index is 0.0603. The topological polar surface area (TPSA) is 132 Å². The molecular formula is C25H27N7O2. The third-order valence-corrected chi connectivity index (χ3v) is 5.87. The number of benzene rings is 1. The molecule has 3 aromatic rings. The highest BCUT2D eigenvalue weighted by atomic mass is 16.2. The Morgan fingerprint density at radius 2 is 1.97 bits per heavy atom. The van der Waals surface area contributed by atoms with Crippen LogP contribution in [0.25, 0.3) is 11.3 Å². The number of rotatable bonds is 6. The first-order valence-electron chi connectivity index (χ1n) is 11.1. The Hall–Kier alpha value is -4.16. The van der Waals surface area contributed by atoms with Crippen LogP contribution in [-0.4, -0.2) is 44.4 Å². The molecule has 1 atom stereocenters. The molecule has 1 unspecified atom stereocenters. The molecule has 9 nitrogen and oxygen atoms in total. The summed E-state index contributed by atoms with van der Waals surface area (Å²) in [6.07, 6.45) is 4.58. The molecule has 1 aliphatic rings. The number of aromatic nitrogens is 3. The van der Waals surface area contributed by atoms with Gasteiger partial charge in [0.1, 0.15) is 17.3 Å². The molecular weight excluding hydrogens is 430 g/mol. The number of nitrogens with zero attached hydrogens (tertiary/aromatic N) is 4. The van der Waals surface area contributed by atoms with Crippen LogP contribution in [0.15, 0.2) is 48.7 Å². The second kappa shape index (κ2) is 10.2. The second-order valence-corrected chi connectivity index (χ2v) is 8.06. The Bertz CT molecular complexity index is 1240. The number of primary amides is 1. The van der Waals surface area contributed by atoms with Crippen LogP contribution in [0.5, 0.6) is 0 Å². The van der Waals surface area contributed by atoms with Gasteiger partial charge in [-0.3, -0.25) is 14.5 Å². The van der Waals surface area contributed by atoms with Crippen LogP contribution in [0, 0.1) is 11.8 Å². The average Bonchev–Trinajstić information content (AvgIpc) is 3.20. The first-order chi connectivity index (χ1) is 16.5. The second-order valence-electron chi connectivity index (χ2n) is 8.06. The lowest BCUT2D eigenvalue weighted by Crippen LogP contribution is -2.37. The third-order valence-electron chi connectivity index (χ3n) is 5.87. The molecule has 2 amide bonds. The zero-order valence-corrected chi connectivity index (χ0v) is 19.0. The molecule has 2 aromatic heterocycles. The van der Waals surface area contributed by atoms with Crippen molar-refractivity contribution >= 4 is 17.6 Å². The Kier molecular flexibility index (Phi) is 6.90. The van der Waals surface area contributed by atoms with E-state index in [1.807, 2.05) is 6.92 Å². The summed E-state index contributed by atoms with van der Waals surface area (Å²) in [6.45, 7) is 3.30. The van der Waals surface area contributed by atoms with Crippen molar-refractivity contribution < 1.29 is 9.59 Å². The van der Waals surface area contributed by atoms with E-state index in [4.69, 9.17) is 16.6 Å². The number of pyridine rings is 1. The van der Waals surface area contributed by atoms with Crippen molar-refractivity contribution in [3.8, 4) is 23.1 Å². The highest BCUT2D eigenvalue weighted by Gasteiger charge is 2.31. The average molecular weight is 458 g/mol. The molecule has 0 aliphatic carbocycles. The lowest BCUT2D eigenvalue weighted by atomic mass is 10.0.